The van der Waals surface area contributed by atoms with E-state index in [1.54, 1.807) is 4.90 Å². The van der Waals surface area contributed by atoms with Gasteiger partial charge in [-0.1, -0.05) is 88.5 Å². The molecule has 4 rings (SSSR count). The van der Waals surface area contributed by atoms with Crippen LogP contribution in [-0.4, -0.2) is 22.3 Å². The first-order valence-corrected chi connectivity index (χ1v) is 12.3. The van der Waals surface area contributed by atoms with Gasteiger partial charge in [-0.25, -0.2) is 4.99 Å². The highest BCUT2D eigenvalue weighted by molar-refractivity contribution is 6.06. The molecule has 30 heavy (non-hydrogen) atoms. The molecule has 0 unspecified atom stereocenters. The van der Waals surface area contributed by atoms with E-state index in [9.17, 15) is 4.79 Å². The Balaban J connectivity index is 1.53. The zero-order valence-electron chi connectivity index (χ0n) is 18.7. The minimum atomic E-state index is -0.619. The van der Waals surface area contributed by atoms with E-state index < -0.39 is 5.54 Å². The molecule has 1 aromatic carbocycles. The first-order chi connectivity index (χ1) is 14.6. The van der Waals surface area contributed by atoms with Crippen molar-refractivity contribution in [3.8, 4) is 0 Å². The lowest BCUT2D eigenvalue weighted by Crippen LogP contribution is -2.45. The molecule has 164 valence electrons. The molecular weight excluding hydrogens is 370 g/mol. The van der Waals surface area contributed by atoms with E-state index in [1.165, 1.54) is 69.8 Å². The number of rotatable bonds is 7. The first-order valence-electron chi connectivity index (χ1n) is 12.3. The normalized spacial score (nSPS) is 26.2. The van der Waals surface area contributed by atoms with Crippen LogP contribution in [0, 0.1) is 18.8 Å². The van der Waals surface area contributed by atoms with Crippen LogP contribution in [0.5, 0.6) is 0 Å². The summed E-state index contributed by atoms with van der Waals surface area (Å²) in [4.78, 5) is 20.6. The number of aryl methyl sites for hydroxylation is 1. The molecule has 4 nitrogen and oxygen atoms in total. The molecule has 2 aliphatic carbocycles. The topological polar surface area (TPSA) is 58.7 Å². The maximum atomic E-state index is 13.8. The molecule has 0 aromatic heterocycles. The molecule has 1 amide bonds. The SMILES string of the molecule is Cc1ccccc1CN1C(=O)[C@@](CCC2CCCCC2)(CC2CCCCC2)N=C1N. The Morgan fingerprint density at radius 2 is 1.63 bits per heavy atom. The van der Waals surface area contributed by atoms with E-state index >= 15 is 0 Å². The van der Waals surface area contributed by atoms with E-state index in [0.29, 0.717) is 18.4 Å². The number of carbonyl (C=O) groups excluding carboxylic acids is 1. The van der Waals surface area contributed by atoms with Crippen LogP contribution in [0.4, 0.5) is 0 Å². The number of aliphatic imine (C=N–C) groups is 1. The van der Waals surface area contributed by atoms with Gasteiger partial charge in [0.2, 0.25) is 0 Å². The molecular formula is C26H39N3O. The van der Waals surface area contributed by atoms with Crippen molar-refractivity contribution in [2.24, 2.45) is 22.6 Å². The zero-order chi connectivity index (χ0) is 21.0. The van der Waals surface area contributed by atoms with Crippen LogP contribution in [0.3, 0.4) is 0 Å². The lowest BCUT2D eigenvalue weighted by molar-refractivity contribution is -0.132. The predicted octanol–water partition coefficient (Wildman–Crippen LogP) is 5.72. The van der Waals surface area contributed by atoms with Gasteiger partial charge in [0.1, 0.15) is 5.54 Å². The quantitative estimate of drug-likeness (QED) is 0.626. The Kier molecular flexibility index (Phi) is 6.80. The standard InChI is InChI=1S/C26H39N3O/c1-20-10-8-9-15-23(20)19-29-24(30)26(28-25(29)27,18-22-13-6-3-7-14-22)17-16-21-11-4-2-5-12-21/h8-10,15,21-22H,2-7,11-14,16-19H2,1H3,(H2,27,28)/t26-/m1/s1. The molecule has 2 N–H and O–H groups in total. The van der Waals surface area contributed by atoms with E-state index in [4.69, 9.17) is 10.7 Å². The van der Waals surface area contributed by atoms with Crippen LogP contribution in [0.15, 0.2) is 29.3 Å². The second-order valence-electron chi connectivity index (χ2n) is 10.1. The summed E-state index contributed by atoms with van der Waals surface area (Å²) in [5.74, 6) is 1.97. The predicted molar refractivity (Wildman–Crippen MR) is 123 cm³/mol. The first kappa shape index (κ1) is 21.4. The molecule has 1 atom stereocenters. The molecule has 0 saturated heterocycles. The van der Waals surface area contributed by atoms with Crippen molar-refractivity contribution in [2.75, 3.05) is 0 Å². The Bertz CT molecular complexity index is 761. The summed E-state index contributed by atoms with van der Waals surface area (Å²) in [5, 5.41) is 0. The van der Waals surface area contributed by atoms with Crippen LogP contribution >= 0.6 is 0 Å². The summed E-state index contributed by atoms with van der Waals surface area (Å²) in [6, 6.07) is 8.27. The van der Waals surface area contributed by atoms with Gasteiger partial charge in [-0.05, 0) is 49.1 Å². The molecule has 4 heteroatoms. The number of amides is 1. The van der Waals surface area contributed by atoms with Crippen molar-refractivity contribution in [1.82, 2.24) is 4.90 Å². The molecule has 1 heterocycles. The minimum absolute atomic E-state index is 0.157. The van der Waals surface area contributed by atoms with Crippen molar-refractivity contribution in [2.45, 2.75) is 102 Å². The maximum Gasteiger partial charge on any atom is 0.257 e. The van der Waals surface area contributed by atoms with E-state index in [-0.39, 0.29) is 5.91 Å². The van der Waals surface area contributed by atoms with Crippen molar-refractivity contribution in [1.29, 1.82) is 0 Å². The number of benzene rings is 1. The molecule has 0 radical (unpaired) electrons. The Labute approximate surface area is 182 Å². The van der Waals surface area contributed by atoms with Gasteiger partial charge < -0.3 is 5.73 Å². The summed E-state index contributed by atoms with van der Waals surface area (Å²) < 4.78 is 0. The van der Waals surface area contributed by atoms with E-state index in [0.717, 1.165) is 30.7 Å². The fourth-order valence-electron chi connectivity index (χ4n) is 5.98. The molecule has 1 aliphatic heterocycles. The van der Waals surface area contributed by atoms with E-state index in [1.807, 2.05) is 12.1 Å². The van der Waals surface area contributed by atoms with Crippen LogP contribution in [0.25, 0.3) is 0 Å². The van der Waals surface area contributed by atoms with Crippen molar-refractivity contribution in [3.05, 3.63) is 35.4 Å². The molecule has 0 spiro atoms. The number of nitrogens with zero attached hydrogens (tertiary/aromatic N) is 2. The van der Waals surface area contributed by atoms with Crippen molar-refractivity contribution >= 4 is 11.9 Å². The molecule has 0 bridgehead atoms. The smallest absolute Gasteiger partial charge is 0.257 e. The fraction of sp³-hybridized carbons (Fsp3) is 0.692. The van der Waals surface area contributed by atoms with Crippen molar-refractivity contribution in [3.63, 3.8) is 0 Å². The minimum Gasteiger partial charge on any atom is -0.369 e. The summed E-state index contributed by atoms with van der Waals surface area (Å²) in [7, 11) is 0. The fourth-order valence-corrected chi connectivity index (χ4v) is 5.98. The van der Waals surface area contributed by atoms with Gasteiger partial charge in [0.15, 0.2) is 5.96 Å². The van der Waals surface area contributed by atoms with Gasteiger partial charge in [-0.3, -0.25) is 9.69 Å². The molecule has 2 fully saturated rings. The van der Waals surface area contributed by atoms with Crippen LogP contribution in [-0.2, 0) is 11.3 Å². The monoisotopic (exact) mass is 409 g/mol. The largest absolute Gasteiger partial charge is 0.369 e. The van der Waals surface area contributed by atoms with E-state index in [2.05, 4.69) is 19.1 Å². The van der Waals surface area contributed by atoms with Gasteiger partial charge in [0, 0.05) is 0 Å². The number of nitrogens with two attached hydrogens (primary N) is 1. The van der Waals surface area contributed by atoms with Gasteiger partial charge in [0.25, 0.3) is 5.91 Å². The number of hydrogen-bond donors (Lipinski definition) is 1. The van der Waals surface area contributed by atoms with Gasteiger partial charge >= 0.3 is 0 Å². The third-order valence-corrected chi connectivity index (χ3v) is 7.88. The summed E-state index contributed by atoms with van der Waals surface area (Å²) in [6.45, 7) is 2.64. The second-order valence-corrected chi connectivity index (χ2v) is 10.1. The lowest BCUT2D eigenvalue weighted by Gasteiger charge is -2.33. The number of guanidine groups is 1. The summed E-state index contributed by atoms with van der Waals surface area (Å²) in [6.07, 6.45) is 16.0. The molecule has 3 aliphatic rings. The van der Waals surface area contributed by atoms with Gasteiger partial charge in [-0.15, -0.1) is 0 Å². The Hall–Kier alpha value is -1.84. The third-order valence-electron chi connectivity index (χ3n) is 7.88. The maximum absolute atomic E-state index is 13.8. The average molecular weight is 410 g/mol. The van der Waals surface area contributed by atoms with Crippen LogP contribution in [0.1, 0.15) is 94.6 Å². The number of carbonyl (C=O) groups is 1. The summed E-state index contributed by atoms with van der Waals surface area (Å²) in [5.41, 5.74) is 8.15. The van der Waals surface area contributed by atoms with Gasteiger partial charge in [0.05, 0.1) is 6.54 Å². The number of hydrogen-bond acceptors (Lipinski definition) is 3. The highest BCUT2D eigenvalue weighted by Crippen LogP contribution is 2.41. The van der Waals surface area contributed by atoms with Crippen LogP contribution in [0.2, 0.25) is 0 Å². The molecule has 1 aromatic rings. The highest BCUT2D eigenvalue weighted by atomic mass is 16.2. The van der Waals surface area contributed by atoms with Crippen LogP contribution < -0.4 is 5.73 Å². The zero-order valence-corrected chi connectivity index (χ0v) is 18.7. The molecule has 2 saturated carbocycles. The Morgan fingerprint density at radius 1 is 1.00 bits per heavy atom. The third kappa shape index (κ3) is 4.73. The lowest BCUT2D eigenvalue weighted by atomic mass is 9.75. The summed E-state index contributed by atoms with van der Waals surface area (Å²) >= 11 is 0. The van der Waals surface area contributed by atoms with Gasteiger partial charge in [-0.2, -0.15) is 0 Å². The Morgan fingerprint density at radius 3 is 2.30 bits per heavy atom. The highest BCUT2D eigenvalue weighted by Gasteiger charge is 2.48. The second kappa shape index (κ2) is 9.53. The van der Waals surface area contributed by atoms with Crippen molar-refractivity contribution < 1.29 is 4.79 Å². The average Bonchev–Trinajstić information content (AvgIpc) is 2.99.